The van der Waals surface area contributed by atoms with Crippen LogP contribution in [-0.2, 0) is 28.6 Å². The summed E-state index contributed by atoms with van der Waals surface area (Å²) >= 11 is 0. The van der Waals surface area contributed by atoms with Crippen molar-refractivity contribution in [3.63, 3.8) is 0 Å². The van der Waals surface area contributed by atoms with E-state index in [1.54, 1.807) is 0 Å². The number of ether oxygens (including phenoxy) is 3. The Morgan fingerprint density at radius 1 is 0.300 bits per heavy atom. The number of esters is 3. The van der Waals surface area contributed by atoms with Crippen LogP contribution >= 0.6 is 0 Å². The average molecular weight is 976 g/mol. The summed E-state index contributed by atoms with van der Waals surface area (Å²) in [7, 11) is 0. The monoisotopic (exact) mass is 975 g/mol. The van der Waals surface area contributed by atoms with E-state index in [9.17, 15) is 14.4 Å². The fraction of sp³-hybridized carbons (Fsp3) is 0.734. The van der Waals surface area contributed by atoms with Gasteiger partial charge in [-0.3, -0.25) is 14.4 Å². The second kappa shape index (κ2) is 58.2. The lowest BCUT2D eigenvalue weighted by molar-refractivity contribution is -0.167. The van der Waals surface area contributed by atoms with Gasteiger partial charge in [-0.15, -0.1) is 0 Å². The van der Waals surface area contributed by atoms with Crippen molar-refractivity contribution < 1.29 is 28.6 Å². The van der Waals surface area contributed by atoms with Crippen molar-refractivity contribution >= 4 is 17.9 Å². The van der Waals surface area contributed by atoms with E-state index in [2.05, 4.69) is 106 Å². The summed E-state index contributed by atoms with van der Waals surface area (Å²) in [4.78, 5) is 38.2. The molecule has 0 aliphatic heterocycles. The number of carbonyl (C=O) groups is 3. The molecule has 402 valence electrons. The van der Waals surface area contributed by atoms with Gasteiger partial charge in [-0.2, -0.15) is 0 Å². The molecule has 0 saturated heterocycles. The zero-order valence-corrected chi connectivity index (χ0v) is 46.0. The second-order valence-corrected chi connectivity index (χ2v) is 19.5. The highest BCUT2D eigenvalue weighted by molar-refractivity contribution is 5.71. The molecule has 0 aliphatic rings. The normalized spacial score (nSPS) is 12.7. The van der Waals surface area contributed by atoms with Crippen molar-refractivity contribution in [1.82, 2.24) is 0 Å². The Labute approximate surface area is 433 Å². The molecule has 0 amide bonds. The summed E-state index contributed by atoms with van der Waals surface area (Å²) in [6, 6.07) is 0. The van der Waals surface area contributed by atoms with Crippen molar-refractivity contribution in [2.45, 2.75) is 290 Å². The standard InChI is InChI=1S/C64H110O6/c1-4-7-10-13-16-19-22-25-27-29-30-31-32-33-34-35-37-39-42-45-48-51-54-57-63(66)69-60-61(59-68-62(65)56-53-50-47-44-41-38-24-21-18-15-12-9-6-3)70-64(67)58-55-52-49-46-43-40-36-28-26-23-20-17-14-11-8-5-2/h9,12,18,20-23,25,28-30,36,38,41,61H,4-8,10-11,13-17,19,24,26-27,31-35,37,39-40,42-60H2,1-3H3/b12-9-,21-18-,23-20-,25-22-,30-29-,36-28-,41-38-. The molecule has 0 saturated carbocycles. The van der Waals surface area contributed by atoms with Crippen LogP contribution in [0.4, 0.5) is 0 Å². The first-order valence-electron chi connectivity index (χ1n) is 29.6. The molecule has 6 heteroatoms. The van der Waals surface area contributed by atoms with Crippen molar-refractivity contribution in [3.8, 4) is 0 Å². The molecule has 0 aromatic rings. The van der Waals surface area contributed by atoms with Gasteiger partial charge in [0.2, 0.25) is 0 Å². The van der Waals surface area contributed by atoms with E-state index >= 15 is 0 Å². The molecule has 0 radical (unpaired) electrons. The molecular formula is C64H110O6. The molecule has 0 spiro atoms. The molecule has 70 heavy (non-hydrogen) atoms. The van der Waals surface area contributed by atoms with Crippen molar-refractivity contribution in [2.24, 2.45) is 0 Å². The molecule has 0 heterocycles. The molecule has 0 rings (SSSR count). The van der Waals surface area contributed by atoms with E-state index in [1.807, 2.05) is 0 Å². The van der Waals surface area contributed by atoms with Crippen LogP contribution in [-0.4, -0.2) is 37.2 Å². The average Bonchev–Trinajstić information content (AvgIpc) is 3.36. The maximum atomic E-state index is 12.9. The number of hydrogen-bond donors (Lipinski definition) is 0. The van der Waals surface area contributed by atoms with E-state index in [0.29, 0.717) is 19.3 Å². The van der Waals surface area contributed by atoms with E-state index in [4.69, 9.17) is 14.2 Å². The molecule has 0 N–H and O–H groups in total. The Kier molecular flexibility index (Phi) is 55.3. The molecule has 0 aromatic carbocycles. The minimum Gasteiger partial charge on any atom is -0.462 e. The van der Waals surface area contributed by atoms with Crippen LogP contribution in [0.2, 0.25) is 0 Å². The molecular weight excluding hydrogens is 865 g/mol. The lowest BCUT2D eigenvalue weighted by atomic mass is 10.0. The highest BCUT2D eigenvalue weighted by Gasteiger charge is 2.19. The van der Waals surface area contributed by atoms with Gasteiger partial charge >= 0.3 is 17.9 Å². The number of rotatable bonds is 53. The van der Waals surface area contributed by atoms with Crippen molar-refractivity contribution in [3.05, 3.63) is 85.1 Å². The maximum Gasteiger partial charge on any atom is 0.306 e. The number of carbonyl (C=O) groups excluding carboxylic acids is 3. The van der Waals surface area contributed by atoms with Crippen LogP contribution in [0.1, 0.15) is 284 Å². The lowest BCUT2D eigenvalue weighted by Gasteiger charge is -2.18. The summed E-state index contributed by atoms with van der Waals surface area (Å²) in [6.07, 6.45) is 75.8. The third kappa shape index (κ3) is 55.5. The highest BCUT2D eigenvalue weighted by Crippen LogP contribution is 2.15. The Bertz CT molecular complexity index is 1350. The summed E-state index contributed by atoms with van der Waals surface area (Å²) in [5.74, 6) is -0.933. The minimum absolute atomic E-state index is 0.0925. The van der Waals surface area contributed by atoms with Crippen molar-refractivity contribution in [2.75, 3.05) is 13.2 Å². The maximum absolute atomic E-state index is 12.9. The summed E-state index contributed by atoms with van der Waals surface area (Å²) in [5, 5.41) is 0. The third-order valence-corrected chi connectivity index (χ3v) is 12.6. The van der Waals surface area contributed by atoms with Gasteiger partial charge in [0.05, 0.1) is 0 Å². The largest absolute Gasteiger partial charge is 0.462 e. The van der Waals surface area contributed by atoms with E-state index < -0.39 is 6.10 Å². The van der Waals surface area contributed by atoms with Gasteiger partial charge < -0.3 is 14.2 Å². The number of hydrogen-bond acceptors (Lipinski definition) is 6. The summed E-state index contributed by atoms with van der Waals surface area (Å²) < 4.78 is 16.8. The smallest absolute Gasteiger partial charge is 0.306 e. The summed E-state index contributed by atoms with van der Waals surface area (Å²) in [5.41, 5.74) is 0. The molecule has 1 unspecified atom stereocenters. The first kappa shape index (κ1) is 66.6. The lowest BCUT2D eigenvalue weighted by Crippen LogP contribution is -2.30. The van der Waals surface area contributed by atoms with Crippen molar-refractivity contribution in [1.29, 1.82) is 0 Å². The molecule has 6 nitrogen and oxygen atoms in total. The molecule has 1 atom stereocenters. The third-order valence-electron chi connectivity index (χ3n) is 12.6. The zero-order chi connectivity index (χ0) is 50.7. The van der Waals surface area contributed by atoms with Crippen LogP contribution < -0.4 is 0 Å². The first-order valence-corrected chi connectivity index (χ1v) is 29.6. The van der Waals surface area contributed by atoms with Gasteiger partial charge in [0.1, 0.15) is 13.2 Å². The van der Waals surface area contributed by atoms with Crippen LogP contribution in [0.3, 0.4) is 0 Å². The quantitative estimate of drug-likeness (QED) is 0.0261. The first-order chi connectivity index (χ1) is 34.5. The Morgan fingerprint density at radius 2 is 0.557 bits per heavy atom. The second-order valence-electron chi connectivity index (χ2n) is 19.5. The summed E-state index contributed by atoms with van der Waals surface area (Å²) in [6.45, 7) is 6.47. The Balaban J connectivity index is 4.36. The molecule has 0 aliphatic carbocycles. The van der Waals surface area contributed by atoms with Gasteiger partial charge in [-0.05, 0) is 116 Å². The topological polar surface area (TPSA) is 78.9 Å². The van der Waals surface area contributed by atoms with E-state index in [-0.39, 0.29) is 31.1 Å². The van der Waals surface area contributed by atoms with Crippen LogP contribution in [0.15, 0.2) is 85.1 Å². The zero-order valence-electron chi connectivity index (χ0n) is 46.0. The SMILES string of the molecule is CC/C=C\C/C=C\C/C=C\CCCCCC(=O)OCC(COC(=O)CCCCCCCCCCCCC/C=C\C/C=C\CCCCCCC)OC(=O)CCCCCCC/C=C\C/C=C\CCCCCC. The van der Waals surface area contributed by atoms with Gasteiger partial charge in [0.25, 0.3) is 0 Å². The Hall–Kier alpha value is -3.41. The van der Waals surface area contributed by atoms with Gasteiger partial charge in [0, 0.05) is 19.3 Å². The van der Waals surface area contributed by atoms with Gasteiger partial charge in [0.15, 0.2) is 6.10 Å². The molecule has 0 bridgehead atoms. The van der Waals surface area contributed by atoms with Crippen LogP contribution in [0.5, 0.6) is 0 Å². The van der Waals surface area contributed by atoms with Gasteiger partial charge in [-0.1, -0.05) is 234 Å². The number of allylic oxidation sites excluding steroid dienone is 14. The van der Waals surface area contributed by atoms with Crippen LogP contribution in [0, 0.1) is 0 Å². The predicted molar refractivity (Wildman–Crippen MR) is 302 cm³/mol. The van der Waals surface area contributed by atoms with Crippen LogP contribution in [0.25, 0.3) is 0 Å². The fourth-order valence-corrected chi connectivity index (χ4v) is 8.16. The predicted octanol–water partition coefficient (Wildman–Crippen LogP) is 19.9. The fourth-order valence-electron chi connectivity index (χ4n) is 8.16. The highest BCUT2D eigenvalue weighted by atomic mass is 16.6. The molecule has 0 fully saturated rings. The van der Waals surface area contributed by atoms with Gasteiger partial charge in [-0.25, -0.2) is 0 Å². The van der Waals surface area contributed by atoms with E-state index in [1.165, 1.54) is 128 Å². The number of unbranched alkanes of at least 4 members (excludes halogenated alkanes) is 28. The molecule has 0 aromatic heterocycles. The van der Waals surface area contributed by atoms with E-state index in [0.717, 1.165) is 116 Å². The Morgan fingerprint density at radius 3 is 0.900 bits per heavy atom. The minimum atomic E-state index is -0.797.